The summed E-state index contributed by atoms with van der Waals surface area (Å²) in [5.41, 5.74) is -3.24. The van der Waals surface area contributed by atoms with Crippen molar-refractivity contribution < 1.29 is 15.6 Å². The molecule has 0 unspecified atom stereocenters. The topological polar surface area (TPSA) is 144 Å². The number of hydroxylamine groups is 6. The molecule has 0 atom stereocenters. The van der Waals surface area contributed by atoms with E-state index in [1.807, 2.05) is 83.1 Å². The van der Waals surface area contributed by atoms with Crippen molar-refractivity contribution in [2.75, 3.05) is 16.0 Å². The molecule has 3 fully saturated rings. The number of aromatic nitrogens is 3. The molecule has 237 valence electrons. The molecule has 0 spiro atoms. The second-order valence-electron chi connectivity index (χ2n) is 16.8. The van der Waals surface area contributed by atoms with Crippen molar-refractivity contribution in [1.82, 2.24) is 30.1 Å². The van der Waals surface area contributed by atoms with Gasteiger partial charge in [0.05, 0.1) is 0 Å². The van der Waals surface area contributed by atoms with Gasteiger partial charge in [0.15, 0.2) is 0 Å². The third-order valence-electron chi connectivity index (χ3n) is 9.41. The molecule has 0 saturated carbocycles. The minimum Gasteiger partial charge on any atom is -0.351 e. The molecule has 0 aliphatic carbocycles. The quantitative estimate of drug-likeness (QED) is 0.408. The Morgan fingerprint density at radius 1 is 0.429 bits per heavy atom. The molecule has 42 heavy (non-hydrogen) atoms. The van der Waals surface area contributed by atoms with Crippen molar-refractivity contribution in [1.29, 1.82) is 0 Å². The highest BCUT2D eigenvalue weighted by atomic mass is 16.5. The molecule has 3 saturated heterocycles. The van der Waals surface area contributed by atoms with E-state index in [2.05, 4.69) is 16.0 Å². The van der Waals surface area contributed by atoms with Crippen molar-refractivity contribution in [3.63, 3.8) is 0 Å². The van der Waals surface area contributed by atoms with E-state index in [0.717, 1.165) is 0 Å². The Morgan fingerprint density at radius 3 is 0.762 bits per heavy atom. The highest BCUT2D eigenvalue weighted by Gasteiger charge is 2.49. The van der Waals surface area contributed by atoms with Gasteiger partial charge in [-0.15, -0.1) is 30.8 Å². The minimum atomic E-state index is -0.540. The van der Waals surface area contributed by atoms with Crippen LogP contribution in [0.25, 0.3) is 0 Å². The first-order valence-corrected chi connectivity index (χ1v) is 15.4. The Morgan fingerprint density at radius 2 is 0.595 bits per heavy atom. The highest BCUT2D eigenvalue weighted by molar-refractivity contribution is 5.44. The van der Waals surface area contributed by atoms with Gasteiger partial charge in [0.2, 0.25) is 17.8 Å². The lowest BCUT2D eigenvalue weighted by Crippen LogP contribution is -2.61. The molecular formula is C30H54N9O3. The van der Waals surface area contributed by atoms with Crippen LogP contribution in [0.4, 0.5) is 17.8 Å². The number of nitrogens with zero attached hydrogens (tertiary/aromatic N) is 6. The Hall–Kier alpha value is -1.83. The van der Waals surface area contributed by atoms with Crippen LogP contribution in [0.15, 0.2) is 0 Å². The normalized spacial score (nSPS) is 28.4. The van der Waals surface area contributed by atoms with Gasteiger partial charge in [0.1, 0.15) is 0 Å². The lowest BCUT2D eigenvalue weighted by molar-refractivity contribution is -0.288. The Labute approximate surface area is 252 Å². The third-order valence-corrected chi connectivity index (χ3v) is 9.41. The van der Waals surface area contributed by atoms with Gasteiger partial charge in [0.25, 0.3) is 0 Å². The van der Waals surface area contributed by atoms with Crippen LogP contribution < -0.4 is 16.0 Å². The fraction of sp³-hybridized carbons (Fsp3) is 0.900. The fourth-order valence-corrected chi connectivity index (χ4v) is 8.21. The number of nitrogens with one attached hydrogen (secondary N) is 3. The minimum absolute atomic E-state index is 0.00793. The average Bonchev–Trinajstić information content (AvgIpc) is 2.78. The van der Waals surface area contributed by atoms with E-state index in [4.69, 9.17) is 15.0 Å². The summed E-state index contributed by atoms with van der Waals surface area (Å²) in [5.74, 6) is 1.31. The molecule has 4 heterocycles. The van der Waals surface area contributed by atoms with Gasteiger partial charge in [-0.05, 0) is 122 Å². The molecule has 3 aliphatic heterocycles. The summed E-state index contributed by atoms with van der Waals surface area (Å²) in [7, 11) is 0. The van der Waals surface area contributed by atoms with Crippen molar-refractivity contribution in [2.24, 2.45) is 0 Å². The standard InChI is InChI=1S/C30H54N9O3/c1-25(2)13-19(14-26(3,4)37(25)40)31-22-34-23(32-20-15-27(5,6)38(41)28(7,8)16-20)36-24(35-22)33-21-17-29(9,10)39(42)30(11,12)18-21/h19-21H,13-18H2,1-12H3,(H3,31,32,33,34,35,36). The maximum absolute atomic E-state index is 13.0. The lowest BCUT2D eigenvalue weighted by atomic mass is 9.79. The number of hydrogen-bond donors (Lipinski definition) is 3. The largest absolute Gasteiger partial charge is 0.351 e. The van der Waals surface area contributed by atoms with Crippen molar-refractivity contribution in [3.8, 4) is 0 Å². The summed E-state index contributed by atoms with van der Waals surface area (Å²) in [6.45, 7) is 23.7. The maximum atomic E-state index is 13.0. The first kappa shape index (κ1) is 33.1. The van der Waals surface area contributed by atoms with Gasteiger partial charge in [-0.25, -0.2) is 0 Å². The van der Waals surface area contributed by atoms with Crippen LogP contribution in [0.3, 0.4) is 0 Å². The molecule has 0 amide bonds. The van der Waals surface area contributed by atoms with Gasteiger partial charge < -0.3 is 16.0 Å². The molecule has 3 radical (unpaired) electrons. The van der Waals surface area contributed by atoms with Gasteiger partial charge in [0, 0.05) is 51.4 Å². The van der Waals surface area contributed by atoms with E-state index < -0.39 is 33.2 Å². The zero-order chi connectivity index (χ0) is 31.7. The van der Waals surface area contributed by atoms with E-state index in [1.165, 1.54) is 15.2 Å². The first-order valence-electron chi connectivity index (χ1n) is 15.4. The summed E-state index contributed by atoms with van der Waals surface area (Å²) in [6.07, 6.45) is 3.87. The predicted octanol–water partition coefficient (Wildman–Crippen LogP) is 5.21. The van der Waals surface area contributed by atoms with E-state index in [1.54, 1.807) is 0 Å². The molecule has 1 aromatic heterocycles. The van der Waals surface area contributed by atoms with E-state index in [9.17, 15) is 15.6 Å². The zero-order valence-corrected chi connectivity index (χ0v) is 27.9. The molecular weight excluding hydrogens is 534 g/mol. The van der Waals surface area contributed by atoms with Gasteiger partial charge in [-0.3, -0.25) is 0 Å². The maximum Gasteiger partial charge on any atom is 0.229 e. The zero-order valence-electron chi connectivity index (χ0n) is 27.9. The monoisotopic (exact) mass is 588 g/mol. The van der Waals surface area contributed by atoms with Crippen molar-refractivity contribution >= 4 is 17.8 Å². The molecule has 12 nitrogen and oxygen atoms in total. The molecule has 0 aromatic carbocycles. The molecule has 12 heteroatoms. The van der Waals surface area contributed by atoms with Gasteiger partial charge in [-0.2, -0.15) is 15.0 Å². The summed E-state index contributed by atoms with van der Waals surface area (Å²) in [4.78, 5) is 14.4. The Balaban J connectivity index is 1.63. The van der Waals surface area contributed by atoms with Crippen molar-refractivity contribution in [3.05, 3.63) is 0 Å². The number of anilines is 3. The molecule has 3 N–H and O–H groups in total. The van der Waals surface area contributed by atoms with E-state index in [-0.39, 0.29) is 18.1 Å². The number of piperidine rings is 3. The lowest BCUT2D eigenvalue weighted by Gasteiger charge is -2.50. The second kappa shape index (κ2) is 10.7. The van der Waals surface area contributed by atoms with Gasteiger partial charge in [-0.1, -0.05) is 0 Å². The van der Waals surface area contributed by atoms with Crippen LogP contribution in [-0.4, -0.2) is 81.5 Å². The van der Waals surface area contributed by atoms with Gasteiger partial charge >= 0.3 is 0 Å². The second-order valence-corrected chi connectivity index (χ2v) is 16.8. The molecule has 4 rings (SSSR count). The molecule has 3 aliphatic rings. The first-order chi connectivity index (χ1) is 18.9. The van der Waals surface area contributed by atoms with Crippen LogP contribution in [-0.2, 0) is 15.6 Å². The Kier molecular flexibility index (Phi) is 8.39. The molecule has 0 bridgehead atoms. The van der Waals surface area contributed by atoms with Crippen LogP contribution >= 0.6 is 0 Å². The molecule has 1 aromatic rings. The van der Waals surface area contributed by atoms with Crippen LogP contribution in [0, 0.1) is 0 Å². The van der Waals surface area contributed by atoms with E-state index >= 15 is 0 Å². The average molecular weight is 589 g/mol. The third kappa shape index (κ3) is 6.78. The predicted molar refractivity (Wildman–Crippen MR) is 162 cm³/mol. The van der Waals surface area contributed by atoms with Crippen LogP contribution in [0.2, 0.25) is 0 Å². The highest BCUT2D eigenvalue weighted by Crippen LogP contribution is 2.41. The number of rotatable bonds is 6. The van der Waals surface area contributed by atoms with Crippen LogP contribution in [0.1, 0.15) is 122 Å². The van der Waals surface area contributed by atoms with E-state index in [0.29, 0.717) is 56.4 Å². The summed E-state index contributed by atoms with van der Waals surface area (Å²) in [6, 6.07) is -0.0238. The summed E-state index contributed by atoms with van der Waals surface area (Å²) >= 11 is 0. The SMILES string of the molecule is CC1(C)CC(Nc2nc(NC3CC(C)(C)N([O])C(C)(C)C3)nc(NC3CC(C)(C)N([O])C(C)(C)C3)n2)CC(C)(C)N1[O]. The summed E-state index contributed by atoms with van der Waals surface area (Å²) < 4.78 is 0. The smallest absolute Gasteiger partial charge is 0.229 e. The van der Waals surface area contributed by atoms with Crippen molar-refractivity contribution in [2.45, 2.75) is 173 Å². The Bertz CT molecular complexity index is 933. The van der Waals surface area contributed by atoms with Crippen LogP contribution in [0.5, 0.6) is 0 Å². The fourth-order valence-electron chi connectivity index (χ4n) is 8.21. The summed E-state index contributed by atoms with van der Waals surface area (Å²) in [5, 5.41) is 53.1. The number of hydrogen-bond acceptors (Lipinski definition) is 9.